The lowest BCUT2D eigenvalue weighted by Crippen LogP contribution is -2.36. The Balaban J connectivity index is 0.00000366. The monoisotopic (exact) mass is 816 g/mol. The summed E-state index contributed by atoms with van der Waals surface area (Å²) in [5.74, 6) is -1.88. The van der Waals surface area contributed by atoms with Gasteiger partial charge >= 0.3 is 14.6 Å². The number of aliphatic carboxylic acids is 1. The standard InChI is InChI=1S/C38H41N8O9P.CH4O/c1-3-53-56(54-4-2)55-20-19-24-9-13-27(14-10-24)42-36(51)30-7-5-6-8-31(30)44-38-45-34-33(37(52)46-38)41-29(22-40-34)21-39-26-15-11-25(12-16-26)35(50)43-28(23-47)17-18-32(48)49;1-2/h5-16,22-23,28,39H,3-4,17-21H2,1-2H3,(H,42,51)(H,43,50)(H,48,49)(H2,40,44,45,46,52);2H,1H3. The van der Waals surface area contributed by atoms with Crippen molar-refractivity contribution in [3.05, 3.63) is 112 Å². The number of aldehydes is 1. The number of nitrogens with one attached hydrogen (secondary N) is 5. The predicted molar refractivity (Wildman–Crippen MR) is 218 cm³/mol. The maximum Gasteiger partial charge on any atom is 0.332 e. The van der Waals surface area contributed by atoms with Gasteiger partial charge in [-0.25, -0.2) is 9.97 Å². The summed E-state index contributed by atoms with van der Waals surface area (Å²) in [6.45, 7) is 5.40. The van der Waals surface area contributed by atoms with E-state index < -0.39 is 32.1 Å². The first-order valence-electron chi connectivity index (χ1n) is 18.1. The fraction of sp³-hybridized carbons (Fsp3) is 0.282. The number of hydrogen-bond donors (Lipinski definition) is 7. The number of aromatic amines is 1. The SMILES string of the molecule is CCOP(OCC)OCCc1ccc(NC(=O)c2ccccc2Nc2nc3ncc(CNc4ccc(C(=O)NC(C=O)CCC(=O)O)cc4)nc3c(=O)[nH]2)cc1.CO. The van der Waals surface area contributed by atoms with Gasteiger partial charge in [-0.1, -0.05) is 24.3 Å². The number of anilines is 4. The summed E-state index contributed by atoms with van der Waals surface area (Å²) in [7, 11) is -0.371. The van der Waals surface area contributed by atoms with Crippen LogP contribution in [0.5, 0.6) is 0 Å². The third-order valence-corrected chi connectivity index (χ3v) is 9.26. The van der Waals surface area contributed by atoms with E-state index >= 15 is 0 Å². The van der Waals surface area contributed by atoms with Crippen LogP contribution in [0.15, 0.2) is 83.8 Å². The van der Waals surface area contributed by atoms with Crippen LogP contribution >= 0.6 is 8.60 Å². The first kappa shape index (κ1) is 44.5. The molecule has 5 aromatic rings. The molecule has 0 aliphatic rings. The van der Waals surface area contributed by atoms with Gasteiger partial charge in [0.15, 0.2) is 11.2 Å². The quantitative estimate of drug-likeness (QED) is 0.0382. The Bertz CT molecular complexity index is 2180. The van der Waals surface area contributed by atoms with Gasteiger partial charge in [0, 0.05) is 30.5 Å². The second kappa shape index (κ2) is 23.2. The summed E-state index contributed by atoms with van der Waals surface area (Å²) in [6, 6.07) is 19.7. The van der Waals surface area contributed by atoms with E-state index in [-0.39, 0.29) is 48.0 Å². The zero-order chi connectivity index (χ0) is 41.9. The second-order valence-corrected chi connectivity index (χ2v) is 13.2. The number of benzene rings is 3. The van der Waals surface area contributed by atoms with Gasteiger partial charge in [-0.2, -0.15) is 4.98 Å². The molecule has 0 saturated carbocycles. The highest BCUT2D eigenvalue weighted by Gasteiger charge is 2.17. The van der Waals surface area contributed by atoms with Crippen LogP contribution < -0.4 is 26.8 Å². The number of carbonyl (C=O) groups is 4. The fourth-order valence-electron chi connectivity index (χ4n) is 5.17. The molecule has 18 nitrogen and oxygen atoms in total. The van der Waals surface area contributed by atoms with Gasteiger partial charge in [0.25, 0.3) is 17.4 Å². The number of carboxylic acids is 1. The lowest BCUT2D eigenvalue weighted by atomic mass is 10.1. The van der Waals surface area contributed by atoms with Gasteiger partial charge in [0.05, 0.1) is 55.5 Å². The van der Waals surface area contributed by atoms with E-state index in [1.807, 2.05) is 26.0 Å². The van der Waals surface area contributed by atoms with E-state index in [0.29, 0.717) is 60.8 Å². The van der Waals surface area contributed by atoms with Crippen LogP contribution in [0.4, 0.5) is 23.0 Å². The first-order chi connectivity index (χ1) is 28.1. The second-order valence-electron chi connectivity index (χ2n) is 12.0. The molecule has 0 saturated heterocycles. The van der Waals surface area contributed by atoms with Crippen LogP contribution in [0, 0.1) is 0 Å². The molecule has 19 heteroatoms. The first-order valence-corrected chi connectivity index (χ1v) is 19.2. The number of nitrogens with zero attached hydrogens (tertiary/aromatic N) is 3. The number of fused-ring (bicyclic) bond motifs is 1. The van der Waals surface area contributed by atoms with Gasteiger partial charge in [0.2, 0.25) is 5.95 Å². The van der Waals surface area contributed by atoms with Gasteiger partial charge in [0.1, 0.15) is 6.29 Å². The number of H-pyrrole nitrogens is 1. The summed E-state index contributed by atoms with van der Waals surface area (Å²) in [5.41, 5.74) is 3.26. The molecule has 58 heavy (non-hydrogen) atoms. The Kier molecular flexibility index (Phi) is 17.8. The average Bonchev–Trinajstić information content (AvgIpc) is 3.23. The molecular formula is C39H45N8O10P. The van der Waals surface area contributed by atoms with Crippen molar-refractivity contribution in [2.45, 2.75) is 45.7 Å². The number of rotatable bonds is 21. The van der Waals surface area contributed by atoms with Crippen molar-refractivity contribution >= 4 is 66.8 Å². The van der Waals surface area contributed by atoms with Crippen molar-refractivity contribution in [1.82, 2.24) is 25.3 Å². The number of para-hydroxylation sites is 1. The Hall–Kier alpha value is -6.17. The highest BCUT2D eigenvalue weighted by Crippen LogP contribution is 2.39. The third-order valence-electron chi connectivity index (χ3n) is 7.93. The van der Waals surface area contributed by atoms with E-state index in [2.05, 4.69) is 41.2 Å². The number of aliphatic hydroxyl groups is 1. The minimum absolute atomic E-state index is 0.0118. The Morgan fingerprint density at radius 3 is 2.26 bits per heavy atom. The van der Waals surface area contributed by atoms with Crippen molar-refractivity contribution in [2.75, 3.05) is 42.9 Å². The van der Waals surface area contributed by atoms with Crippen LogP contribution in [-0.2, 0) is 36.1 Å². The molecule has 1 unspecified atom stereocenters. The number of carbonyl (C=O) groups excluding carboxylic acids is 3. The van der Waals surface area contributed by atoms with Gasteiger partial charge in [-0.3, -0.25) is 24.2 Å². The Labute approximate surface area is 334 Å². The molecule has 2 aromatic heterocycles. The van der Waals surface area contributed by atoms with Crippen LogP contribution in [-0.4, -0.2) is 87.2 Å². The molecule has 7 N–H and O–H groups in total. The van der Waals surface area contributed by atoms with E-state index in [0.717, 1.165) is 12.7 Å². The zero-order valence-electron chi connectivity index (χ0n) is 32.1. The van der Waals surface area contributed by atoms with Crippen molar-refractivity contribution in [2.24, 2.45) is 0 Å². The number of hydrogen-bond acceptors (Lipinski definition) is 14. The summed E-state index contributed by atoms with van der Waals surface area (Å²) in [4.78, 5) is 76.7. The molecule has 2 amide bonds. The Morgan fingerprint density at radius 1 is 0.897 bits per heavy atom. The zero-order valence-corrected chi connectivity index (χ0v) is 33.0. The molecule has 1 atom stereocenters. The summed E-state index contributed by atoms with van der Waals surface area (Å²) >= 11 is 0. The summed E-state index contributed by atoms with van der Waals surface area (Å²) in [5, 5.41) is 27.4. The van der Waals surface area contributed by atoms with E-state index in [1.165, 1.54) is 6.20 Å². The fourth-order valence-corrected chi connectivity index (χ4v) is 6.05. The Morgan fingerprint density at radius 2 is 1.59 bits per heavy atom. The summed E-state index contributed by atoms with van der Waals surface area (Å²) in [6.07, 6.45) is 2.36. The van der Waals surface area contributed by atoms with Crippen LogP contribution in [0.1, 0.15) is 58.7 Å². The highest BCUT2D eigenvalue weighted by atomic mass is 31.2. The lowest BCUT2D eigenvalue weighted by Gasteiger charge is -2.15. The maximum atomic E-state index is 13.3. The third kappa shape index (κ3) is 13.5. The van der Waals surface area contributed by atoms with Crippen molar-refractivity contribution < 1.29 is 43.0 Å². The largest absolute Gasteiger partial charge is 0.481 e. The molecule has 0 fully saturated rings. The summed E-state index contributed by atoms with van der Waals surface area (Å²) < 4.78 is 16.6. The normalized spacial score (nSPS) is 11.3. The molecule has 0 bridgehead atoms. The molecule has 0 spiro atoms. The van der Waals surface area contributed by atoms with Crippen molar-refractivity contribution in [3.8, 4) is 0 Å². The molecule has 0 radical (unpaired) electrons. The van der Waals surface area contributed by atoms with Gasteiger partial charge < -0.3 is 49.8 Å². The van der Waals surface area contributed by atoms with Gasteiger partial charge in [-0.15, -0.1) is 0 Å². The minimum atomic E-state index is -1.37. The lowest BCUT2D eigenvalue weighted by molar-refractivity contribution is -0.137. The highest BCUT2D eigenvalue weighted by molar-refractivity contribution is 7.41. The van der Waals surface area contributed by atoms with Gasteiger partial charge in [-0.05, 0) is 80.8 Å². The molecule has 0 aliphatic heterocycles. The van der Waals surface area contributed by atoms with Crippen LogP contribution in [0.3, 0.4) is 0 Å². The van der Waals surface area contributed by atoms with Crippen molar-refractivity contribution in [3.63, 3.8) is 0 Å². The number of carboxylic acid groups (broad SMARTS) is 1. The number of aliphatic hydroxyl groups excluding tert-OH is 1. The average molecular weight is 817 g/mol. The number of aromatic nitrogens is 4. The van der Waals surface area contributed by atoms with E-state index in [9.17, 15) is 24.0 Å². The topological polar surface area (TPSA) is 256 Å². The van der Waals surface area contributed by atoms with E-state index in [1.54, 1.807) is 60.7 Å². The molecule has 0 aliphatic carbocycles. The predicted octanol–water partition coefficient (Wildman–Crippen LogP) is 4.95. The minimum Gasteiger partial charge on any atom is -0.481 e. The van der Waals surface area contributed by atoms with E-state index in [4.69, 9.17) is 23.8 Å². The molecule has 5 rings (SSSR count). The molecule has 306 valence electrons. The number of amides is 2. The van der Waals surface area contributed by atoms with Crippen LogP contribution in [0.25, 0.3) is 11.2 Å². The molecule has 2 heterocycles. The smallest absolute Gasteiger partial charge is 0.332 e. The maximum absolute atomic E-state index is 13.3. The molecular weight excluding hydrogens is 771 g/mol. The van der Waals surface area contributed by atoms with Crippen molar-refractivity contribution in [1.29, 1.82) is 0 Å². The van der Waals surface area contributed by atoms with Crippen LogP contribution in [0.2, 0.25) is 0 Å². The molecule has 3 aromatic carbocycles.